The van der Waals surface area contributed by atoms with Gasteiger partial charge in [-0.15, -0.1) is 0 Å². The number of halogens is 2. The van der Waals surface area contributed by atoms with E-state index in [1.807, 2.05) is 6.07 Å². The van der Waals surface area contributed by atoms with Gasteiger partial charge in [0.15, 0.2) is 0 Å². The van der Waals surface area contributed by atoms with Crippen LogP contribution in [0.15, 0.2) is 18.2 Å². The molecule has 2 heterocycles. The highest BCUT2D eigenvalue weighted by atomic mass is 35.5. The number of benzene rings is 1. The lowest BCUT2D eigenvalue weighted by Gasteiger charge is -2.37. The van der Waals surface area contributed by atoms with Gasteiger partial charge in [-0.1, -0.05) is 23.7 Å². The average molecular weight is 299 g/mol. The van der Waals surface area contributed by atoms with Crippen molar-refractivity contribution in [3.8, 4) is 0 Å². The molecule has 3 rings (SSSR count). The predicted molar refractivity (Wildman–Crippen MR) is 77.4 cm³/mol. The summed E-state index contributed by atoms with van der Waals surface area (Å²) in [5.41, 5.74) is 7.01. The standard InChI is InChI=1S/C15H20ClFN2O/c16-15-10(3-1-5-12(15)17)7-13(18)14-8-19-6-2-4-11(19)9-20-14/h1,3,5,11,13-14H,2,4,6-9,18H2. The van der Waals surface area contributed by atoms with E-state index in [0.717, 1.165) is 25.3 Å². The quantitative estimate of drug-likeness (QED) is 0.930. The number of hydrogen-bond donors (Lipinski definition) is 1. The van der Waals surface area contributed by atoms with Crippen LogP contribution in [0.25, 0.3) is 0 Å². The fourth-order valence-electron chi connectivity index (χ4n) is 3.19. The summed E-state index contributed by atoms with van der Waals surface area (Å²) in [4.78, 5) is 2.46. The van der Waals surface area contributed by atoms with E-state index in [2.05, 4.69) is 4.90 Å². The minimum absolute atomic E-state index is 0.00341. The minimum Gasteiger partial charge on any atom is -0.374 e. The molecule has 0 saturated carbocycles. The summed E-state index contributed by atoms with van der Waals surface area (Å²) in [5.74, 6) is -0.388. The molecule has 0 spiro atoms. The van der Waals surface area contributed by atoms with E-state index in [-0.39, 0.29) is 23.0 Å². The lowest BCUT2D eigenvalue weighted by atomic mass is 10.00. The smallest absolute Gasteiger partial charge is 0.142 e. The van der Waals surface area contributed by atoms with Crippen LogP contribution in [0.2, 0.25) is 5.02 Å². The Morgan fingerprint density at radius 3 is 3.20 bits per heavy atom. The van der Waals surface area contributed by atoms with Crippen molar-refractivity contribution in [3.05, 3.63) is 34.6 Å². The summed E-state index contributed by atoms with van der Waals surface area (Å²) in [6, 6.07) is 5.27. The Hall–Kier alpha value is -0.680. The van der Waals surface area contributed by atoms with E-state index < -0.39 is 0 Å². The summed E-state index contributed by atoms with van der Waals surface area (Å²) in [7, 11) is 0. The summed E-state index contributed by atoms with van der Waals surface area (Å²) < 4.78 is 19.3. The van der Waals surface area contributed by atoms with E-state index in [4.69, 9.17) is 22.1 Å². The number of nitrogens with zero attached hydrogens (tertiary/aromatic N) is 1. The van der Waals surface area contributed by atoms with Gasteiger partial charge < -0.3 is 10.5 Å². The van der Waals surface area contributed by atoms with Crippen molar-refractivity contribution in [2.45, 2.75) is 37.5 Å². The first-order valence-corrected chi connectivity index (χ1v) is 7.57. The highest BCUT2D eigenvalue weighted by Gasteiger charge is 2.34. The Morgan fingerprint density at radius 2 is 2.35 bits per heavy atom. The maximum atomic E-state index is 13.4. The van der Waals surface area contributed by atoms with Gasteiger partial charge in [-0.3, -0.25) is 4.90 Å². The van der Waals surface area contributed by atoms with Crippen LogP contribution < -0.4 is 5.73 Å². The highest BCUT2D eigenvalue weighted by Crippen LogP contribution is 2.26. The molecule has 2 saturated heterocycles. The van der Waals surface area contributed by atoms with Gasteiger partial charge in [0.05, 0.1) is 17.7 Å². The molecule has 2 aliphatic rings. The second-order valence-corrected chi connectivity index (χ2v) is 6.12. The van der Waals surface area contributed by atoms with E-state index in [0.29, 0.717) is 12.5 Å². The monoisotopic (exact) mass is 298 g/mol. The highest BCUT2D eigenvalue weighted by molar-refractivity contribution is 6.31. The van der Waals surface area contributed by atoms with Crippen LogP contribution in [-0.4, -0.2) is 42.8 Å². The summed E-state index contributed by atoms with van der Waals surface area (Å²) in [6.07, 6.45) is 3.01. The Balaban J connectivity index is 1.64. The summed E-state index contributed by atoms with van der Waals surface area (Å²) in [5, 5.41) is 0.179. The van der Waals surface area contributed by atoms with Gasteiger partial charge in [-0.25, -0.2) is 4.39 Å². The first-order chi connectivity index (χ1) is 9.65. The van der Waals surface area contributed by atoms with Crippen LogP contribution in [0, 0.1) is 5.82 Å². The minimum atomic E-state index is -0.388. The molecule has 3 unspecified atom stereocenters. The van der Waals surface area contributed by atoms with E-state index in [9.17, 15) is 4.39 Å². The third-order valence-electron chi connectivity index (χ3n) is 4.38. The molecular formula is C15H20ClFN2O. The van der Waals surface area contributed by atoms with Gasteiger partial charge in [0, 0.05) is 18.6 Å². The first kappa shape index (κ1) is 14.3. The molecule has 0 aromatic heterocycles. The number of rotatable bonds is 3. The van der Waals surface area contributed by atoms with E-state index in [1.165, 1.54) is 18.9 Å². The Morgan fingerprint density at radius 1 is 1.50 bits per heavy atom. The van der Waals surface area contributed by atoms with Gasteiger partial charge in [-0.2, -0.15) is 0 Å². The molecule has 20 heavy (non-hydrogen) atoms. The van der Waals surface area contributed by atoms with Crippen molar-refractivity contribution >= 4 is 11.6 Å². The second kappa shape index (κ2) is 5.98. The van der Waals surface area contributed by atoms with Gasteiger partial charge in [0.2, 0.25) is 0 Å². The second-order valence-electron chi connectivity index (χ2n) is 5.74. The molecule has 3 atom stereocenters. The largest absolute Gasteiger partial charge is 0.374 e. The first-order valence-electron chi connectivity index (χ1n) is 7.19. The zero-order chi connectivity index (χ0) is 14.1. The van der Waals surface area contributed by atoms with Crippen molar-refractivity contribution in [2.75, 3.05) is 19.7 Å². The zero-order valence-electron chi connectivity index (χ0n) is 11.4. The molecule has 0 bridgehead atoms. The maximum absolute atomic E-state index is 13.4. The molecule has 0 aliphatic carbocycles. The van der Waals surface area contributed by atoms with Crippen molar-refractivity contribution < 1.29 is 9.13 Å². The van der Waals surface area contributed by atoms with Crippen LogP contribution in [0.3, 0.4) is 0 Å². The summed E-state index contributed by atoms with van der Waals surface area (Å²) >= 11 is 5.98. The van der Waals surface area contributed by atoms with Gasteiger partial charge >= 0.3 is 0 Å². The van der Waals surface area contributed by atoms with Crippen molar-refractivity contribution in [1.29, 1.82) is 0 Å². The lowest BCUT2D eigenvalue weighted by Crippen LogP contribution is -2.53. The third kappa shape index (κ3) is 2.84. The molecule has 2 aliphatic heterocycles. The Labute approximate surface area is 123 Å². The van der Waals surface area contributed by atoms with Gasteiger partial charge in [-0.05, 0) is 37.4 Å². The number of hydrogen-bond acceptors (Lipinski definition) is 3. The molecule has 1 aromatic carbocycles. The Bertz CT molecular complexity index is 485. The van der Waals surface area contributed by atoms with Crippen molar-refractivity contribution in [2.24, 2.45) is 5.73 Å². The van der Waals surface area contributed by atoms with Gasteiger partial charge in [0.1, 0.15) is 5.82 Å². The van der Waals surface area contributed by atoms with Gasteiger partial charge in [0.25, 0.3) is 0 Å². The number of fused-ring (bicyclic) bond motifs is 1. The van der Waals surface area contributed by atoms with Crippen LogP contribution >= 0.6 is 11.6 Å². The van der Waals surface area contributed by atoms with Crippen LogP contribution in [0.4, 0.5) is 4.39 Å². The topological polar surface area (TPSA) is 38.5 Å². The molecule has 2 fully saturated rings. The normalized spacial score (nSPS) is 28.4. The number of morpholine rings is 1. The molecule has 110 valence electrons. The molecule has 2 N–H and O–H groups in total. The summed E-state index contributed by atoms with van der Waals surface area (Å²) in [6.45, 7) is 2.77. The average Bonchev–Trinajstić information content (AvgIpc) is 2.91. The van der Waals surface area contributed by atoms with Crippen LogP contribution in [-0.2, 0) is 11.2 Å². The SMILES string of the molecule is NC(Cc1cccc(F)c1Cl)C1CN2CCCC2CO1. The molecule has 3 nitrogen and oxygen atoms in total. The van der Waals surface area contributed by atoms with Crippen molar-refractivity contribution in [1.82, 2.24) is 4.90 Å². The van der Waals surface area contributed by atoms with Crippen LogP contribution in [0.5, 0.6) is 0 Å². The van der Waals surface area contributed by atoms with Crippen LogP contribution in [0.1, 0.15) is 18.4 Å². The predicted octanol–water partition coefficient (Wildman–Crippen LogP) is 2.21. The lowest BCUT2D eigenvalue weighted by molar-refractivity contribution is -0.0589. The van der Waals surface area contributed by atoms with E-state index in [1.54, 1.807) is 6.07 Å². The molecule has 5 heteroatoms. The number of nitrogens with two attached hydrogens (primary N) is 1. The molecular weight excluding hydrogens is 279 g/mol. The fraction of sp³-hybridized carbons (Fsp3) is 0.600. The third-order valence-corrected chi connectivity index (χ3v) is 4.80. The van der Waals surface area contributed by atoms with Crippen molar-refractivity contribution in [3.63, 3.8) is 0 Å². The maximum Gasteiger partial charge on any atom is 0.142 e. The number of ether oxygens (including phenoxy) is 1. The Kier molecular flexibility index (Phi) is 4.26. The molecule has 0 radical (unpaired) electrons. The van der Waals surface area contributed by atoms with E-state index >= 15 is 0 Å². The molecule has 0 amide bonds. The fourth-order valence-corrected chi connectivity index (χ4v) is 3.40. The zero-order valence-corrected chi connectivity index (χ0v) is 12.2. The molecule has 1 aromatic rings.